The number of esters is 1. The zero-order valence-corrected chi connectivity index (χ0v) is 55.2. The quantitative estimate of drug-likeness (QED) is 0.0236. The molecule has 5 aliphatic rings. The molecule has 0 bridgehead atoms. The Hall–Kier alpha value is -4.86. The number of hydrogen-bond donors (Lipinski definition) is 0. The summed E-state index contributed by atoms with van der Waals surface area (Å²) in [7, 11) is 0. The Morgan fingerprint density at radius 3 is 1.39 bits per heavy atom. The first kappa shape index (κ1) is 69.5. The van der Waals surface area contributed by atoms with E-state index in [1.165, 1.54) is 6.92 Å². The third-order valence-corrected chi connectivity index (χ3v) is 20.3. The molecule has 5 aliphatic heterocycles. The van der Waals surface area contributed by atoms with Gasteiger partial charge in [0.15, 0.2) is 37.6 Å². The van der Waals surface area contributed by atoms with Gasteiger partial charge in [0.25, 0.3) is 0 Å². The molecule has 0 saturated carbocycles. The second kappa shape index (κ2) is 32.8. The summed E-state index contributed by atoms with van der Waals surface area (Å²) in [5.41, 5.74) is 12.9. The van der Waals surface area contributed by atoms with Gasteiger partial charge in [-0.25, -0.2) is 0 Å². The standard InChI is InChI=1S/C72H101N3O15/c1-14-56-44(5)47(8)63(82-51(12)76)68(83-56)81-42-72(13)50(11)65(89-70-64(48(9)45(6)58(16-3)85-70)88-69-62(46(7)43(4)57(15-2)84-69)78-38-53-31-23-18-24-32-53)66(79-39-54-33-25-19-26-34-54)71(90-72)87-61-49(10)60(74-75-73)67(80-40-55-35-27-20-28-36-55)86-59(61)41-77-37-52-29-21-17-22-30-52/h17-36,43-50,56-71H,14-16,37-42H2,1-13H3/t43-,44-,45-,46?,47-,48?,49+,50-,56?,57-,58-,59?,60?,61-,62?,63?,64?,65-,66?,67+,68-,69+,70+,71+,72?/m0/s1. The van der Waals surface area contributed by atoms with Gasteiger partial charge < -0.3 is 66.3 Å². The first-order valence-corrected chi connectivity index (χ1v) is 33.1. The molecule has 18 nitrogen and oxygen atoms in total. The maximum Gasteiger partial charge on any atom is 0.303 e. The molecule has 0 aromatic heterocycles. The monoisotopic (exact) mass is 1250 g/mol. The van der Waals surface area contributed by atoms with Crippen LogP contribution in [0, 0.1) is 47.3 Å². The number of rotatable bonds is 27. The van der Waals surface area contributed by atoms with E-state index in [0.717, 1.165) is 41.5 Å². The highest BCUT2D eigenvalue weighted by atomic mass is 16.8. The molecule has 5 saturated heterocycles. The number of carbonyl (C=O) groups excluding carboxylic acids is 1. The first-order valence-electron chi connectivity index (χ1n) is 33.1. The van der Waals surface area contributed by atoms with Crippen LogP contribution in [0.3, 0.4) is 0 Å². The third kappa shape index (κ3) is 16.9. The van der Waals surface area contributed by atoms with Gasteiger partial charge in [0, 0.05) is 23.7 Å². The largest absolute Gasteiger partial charge is 0.457 e. The van der Waals surface area contributed by atoms with Crippen LogP contribution in [0.25, 0.3) is 10.4 Å². The van der Waals surface area contributed by atoms with Crippen molar-refractivity contribution in [3.63, 3.8) is 0 Å². The second-order valence-electron chi connectivity index (χ2n) is 26.2. The lowest BCUT2D eigenvalue weighted by Crippen LogP contribution is -2.67. The number of azide groups is 1. The number of hydrogen-bond acceptors (Lipinski definition) is 16. The fraction of sp³-hybridized carbons (Fsp3) is 0.653. The van der Waals surface area contributed by atoms with Crippen LogP contribution < -0.4 is 0 Å². The lowest BCUT2D eigenvalue weighted by molar-refractivity contribution is -0.399. The molecule has 9 rings (SSSR count). The molecule has 0 amide bonds. The van der Waals surface area contributed by atoms with Crippen LogP contribution in [0.4, 0.5) is 0 Å². The van der Waals surface area contributed by atoms with Crippen molar-refractivity contribution < 1.29 is 71.1 Å². The summed E-state index contributed by atoms with van der Waals surface area (Å²) < 4.78 is 98.4. The van der Waals surface area contributed by atoms with E-state index in [2.05, 4.69) is 91.4 Å². The van der Waals surface area contributed by atoms with Crippen molar-refractivity contribution in [2.24, 2.45) is 52.5 Å². The molecule has 0 spiro atoms. The Kier molecular flexibility index (Phi) is 25.3. The van der Waals surface area contributed by atoms with Crippen molar-refractivity contribution >= 4 is 5.97 Å². The predicted octanol–water partition coefficient (Wildman–Crippen LogP) is 13.7. The van der Waals surface area contributed by atoms with Crippen molar-refractivity contribution in [1.82, 2.24) is 0 Å². The van der Waals surface area contributed by atoms with Gasteiger partial charge in [-0.2, -0.15) is 0 Å². The summed E-state index contributed by atoms with van der Waals surface area (Å²) in [5.74, 6) is -1.30. The van der Waals surface area contributed by atoms with E-state index < -0.39 is 104 Å². The van der Waals surface area contributed by atoms with Crippen molar-refractivity contribution in [2.45, 2.75) is 240 Å². The second-order valence-corrected chi connectivity index (χ2v) is 26.2. The van der Waals surface area contributed by atoms with Gasteiger partial charge in [0.1, 0.15) is 24.4 Å². The first-order chi connectivity index (χ1) is 43.4. The smallest absolute Gasteiger partial charge is 0.303 e. The van der Waals surface area contributed by atoms with Crippen molar-refractivity contribution in [3.05, 3.63) is 154 Å². The van der Waals surface area contributed by atoms with Gasteiger partial charge in [-0.1, -0.05) is 203 Å². The lowest BCUT2D eigenvalue weighted by atomic mass is 9.79. The zero-order chi connectivity index (χ0) is 64.1. The number of ether oxygens (including phenoxy) is 14. The maximum atomic E-state index is 12.8. The minimum atomic E-state index is -1.25. The summed E-state index contributed by atoms with van der Waals surface area (Å²) >= 11 is 0. The Labute approximate surface area is 534 Å². The van der Waals surface area contributed by atoms with Gasteiger partial charge in [-0.15, -0.1) is 0 Å². The van der Waals surface area contributed by atoms with Gasteiger partial charge in [0.05, 0.1) is 81.8 Å². The minimum absolute atomic E-state index is 0.0579. The molecule has 10 unspecified atom stereocenters. The van der Waals surface area contributed by atoms with Gasteiger partial charge in [0.2, 0.25) is 0 Å². The molecule has 18 heteroatoms. The summed E-state index contributed by atoms with van der Waals surface area (Å²) in [5, 5.41) is 4.35. The highest BCUT2D eigenvalue weighted by molar-refractivity contribution is 5.66. The molecule has 494 valence electrons. The Bertz CT molecular complexity index is 2820. The summed E-state index contributed by atoms with van der Waals surface area (Å²) in [6.07, 6.45) is -8.35. The SMILES string of the molecule is CCC1O[C@H](OCC2(C)O[C@@H](O[C@@H]3C(COCc4ccccc4)O[C@@H](OCc4ccccc4)C(N=[N+]=[N-])[C@H]3C)C(OCc3ccccc3)[C@@H](O[C@H]3O[C@@H](CC)[C@@H](C)C(C)C3O[C@H]3O[C@@H](CC)[C@@H](C)C(C)C3OCc3ccccc3)[C@@H]2C)C(OC(C)=O)[C@@H](C)[C@@H]1C. The molecule has 4 aromatic carbocycles. The molecule has 5 fully saturated rings. The van der Waals surface area contributed by atoms with Gasteiger partial charge >= 0.3 is 5.97 Å². The molecule has 90 heavy (non-hydrogen) atoms. The molecule has 5 heterocycles. The van der Waals surface area contributed by atoms with Gasteiger partial charge in [-0.3, -0.25) is 4.79 Å². The van der Waals surface area contributed by atoms with Crippen LogP contribution in [0.5, 0.6) is 0 Å². The Morgan fingerprint density at radius 1 is 0.467 bits per heavy atom. The molecule has 0 radical (unpaired) electrons. The molecule has 25 atom stereocenters. The Balaban J connectivity index is 1.12. The van der Waals surface area contributed by atoms with Crippen LogP contribution in [0.2, 0.25) is 0 Å². The number of carbonyl (C=O) groups is 1. The van der Waals surface area contributed by atoms with E-state index in [-0.39, 0.29) is 80.2 Å². The fourth-order valence-corrected chi connectivity index (χ4v) is 13.9. The third-order valence-electron chi connectivity index (χ3n) is 20.3. The van der Waals surface area contributed by atoms with E-state index in [0.29, 0.717) is 13.2 Å². The van der Waals surface area contributed by atoms with Crippen molar-refractivity contribution in [2.75, 3.05) is 13.2 Å². The van der Waals surface area contributed by atoms with Crippen LogP contribution >= 0.6 is 0 Å². The zero-order valence-electron chi connectivity index (χ0n) is 55.2. The normalized spacial score (nSPS) is 38.0. The van der Waals surface area contributed by atoms with Crippen molar-refractivity contribution in [3.8, 4) is 0 Å². The average Bonchev–Trinajstić information content (AvgIpc) is 0.770. The molecule has 0 aliphatic carbocycles. The fourth-order valence-electron chi connectivity index (χ4n) is 13.9. The summed E-state index contributed by atoms with van der Waals surface area (Å²) in [6, 6.07) is 39.0. The highest BCUT2D eigenvalue weighted by Crippen LogP contribution is 2.46. The maximum absolute atomic E-state index is 12.8. The Morgan fingerprint density at radius 2 is 0.889 bits per heavy atom. The van der Waals surface area contributed by atoms with Crippen LogP contribution in [0.1, 0.15) is 132 Å². The molecule has 0 N–H and O–H groups in total. The topological polar surface area (TPSA) is 195 Å². The lowest BCUT2D eigenvalue weighted by Gasteiger charge is -2.55. The van der Waals surface area contributed by atoms with Crippen LogP contribution in [0.15, 0.2) is 126 Å². The predicted molar refractivity (Wildman–Crippen MR) is 339 cm³/mol. The van der Waals surface area contributed by atoms with E-state index >= 15 is 0 Å². The molecule has 4 aromatic rings. The summed E-state index contributed by atoms with van der Waals surface area (Å²) in [4.78, 5) is 16.2. The van der Waals surface area contributed by atoms with Crippen LogP contribution in [-0.2, 0) is 97.5 Å². The van der Waals surface area contributed by atoms with E-state index in [4.69, 9.17) is 66.3 Å². The van der Waals surface area contributed by atoms with Gasteiger partial charge in [-0.05, 0) is 89.5 Å². The highest BCUT2D eigenvalue weighted by Gasteiger charge is 2.58. The minimum Gasteiger partial charge on any atom is -0.457 e. The summed E-state index contributed by atoms with van der Waals surface area (Å²) in [6.45, 7) is 27.9. The number of benzene rings is 4. The van der Waals surface area contributed by atoms with E-state index in [1.54, 1.807) is 0 Å². The van der Waals surface area contributed by atoms with Crippen LogP contribution in [-0.4, -0.2) is 123 Å². The number of nitrogens with zero attached hydrogens (tertiary/aromatic N) is 3. The van der Waals surface area contributed by atoms with E-state index in [1.807, 2.05) is 123 Å². The molecular formula is C72H101N3O15. The molecular weight excluding hydrogens is 1150 g/mol. The van der Waals surface area contributed by atoms with E-state index in [9.17, 15) is 10.3 Å². The average molecular weight is 1250 g/mol. The van der Waals surface area contributed by atoms with Crippen molar-refractivity contribution in [1.29, 1.82) is 0 Å².